The molecule has 1 amide bonds. The molecule has 1 atom stereocenters. The van der Waals surface area contributed by atoms with E-state index in [2.05, 4.69) is 10.2 Å². The molecule has 2 aromatic rings. The summed E-state index contributed by atoms with van der Waals surface area (Å²) in [7, 11) is 1.61. The zero-order chi connectivity index (χ0) is 13.2. The normalized spacial score (nSPS) is 18.9. The van der Waals surface area contributed by atoms with Crippen molar-refractivity contribution in [2.45, 2.75) is 12.3 Å². The number of carbonyl (C=O) groups is 1. The number of carbonyl (C=O) groups excluding carboxylic acids is 1. The van der Waals surface area contributed by atoms with E-state index in [4.69, 9.17) is 9.15 Å². The van der Waals surface area contributed by atoms with E-state index in [-0.39, 0.29) is 11.8 Å². The Hall–Kier alpha value is -2.37. The maximum Gasteiger partial charge on any atom is 0.227 e. The lowest BCUT2D eigenvalue weighted by Gasteiger charge is -2.16. The predicted molar refractivity (Wildman–Crippen MR) is 67.0 cm³/mol. The van der Waals surface area contributed by atoms with Gasteiger partial charge in [-0.25, -0.2) is 0 Å². The fourth-order valence-corrected chi connectivity index (χ4v) is 2.24. The molecule has 1 aromatic heterocycles. The number of benzene rings is 1. The average Bonchev–Trinajstić information content (AvgIpc) is 3.08. The quantitative estimate of drug-likeness (QED) is 0.837. The van der Waals surface area contributed by atoms with Crippen LogP contribution in [0, 0.1) is 0 Å². The first-order valence-electron chi connectivity index (χ1n) is 5.98. The van der Waals surface area contributed by atoms with E-state index in [1.54, 1.807) is 12.0 Å². The van der Waals surface area contributed by atoms with Crippen LogP contribution >= 0.6 is 0 Å². The Kier molecular flexibility index (Phi) is 2.91. The maximum absolute atomic E-state index is 12.0. The van der Waals surface area contributed by atoms with Crippen molar-refractivity contribution in [3.8, 4) is 5.75 Å². The highest BCUT2D eigenvalue weighted by atomic mass is 16.5. The van der Waals surface area contributed by atoms with Crippen molar-refractivity contribution in [3.05, 3.63) is 36.5 Å². The minimum atomic E-state index is -0.0305. The summed E-state index contributed by atoms with van der Waals surface area (Å²) in [5.74, 6) is 1.32. The van der Waals surface area contributed by atoms with E-state index < -0.39 is 0 Å². The van der Waals surface area contributed by atoms with Crippen molar-refractivity contribution in [1.29, 1.82) is 0 Å². The Labute approximate surface area is 110 Å². The SMILES string of the molecule is COc1ccc(N2CC(c3nnco3)CC2=O)cc1. The molecule has 6 heteroatoms. The summed E-state index contributed by atoms with van der Waals surface area (Å²) in [6, 6.07) is 7.41. The van der Waals surface area contributed by atoms with Gasteiger partial charge in [0.2, 0.25) is 18.2 Å². The molecule has 1 saturated heterocycles. The topological polar surface area (TPSA) is 68.5 Å². The molecule has 6 nitrogen and oxygen atoms in total. The Bertz CT molecular complexity index is 565. The molecule has 98 valence electrons. The van der Waals surface area contributed by atoms with Crippen molar-refractivity contribution < 1.29 is 13.9 Å². The molecule has 1 aromatic carbocycles. The zero-order valence-corrected chi connectivity index (χ0v) is 10.4. The number of aromatic nitrogens is 2. The highest BCUT2D eigenvalue weighted by molar-refractivity contribution is 5.96. The molecule has 19 heavy (non-hydrogen) atoms. The fourth-order valence-electron chi connectivity index (χ4n) is 2.24. The lowest BCUT2D eigenvalue weighted by Crippen LogP contribution is -2.24. The number of hydrogen-bond donors (Lipinski definition) is 0. The van der Waals surface area contributed by atoms with Gasteiger partial charge in [0.15, 0.2) is 0 Å². The summed E-state index contributed by atoms with van der Waals surface area (Å²) in [4.78, 5) is 13.8. The average molecular weight is 259 g/mol. The third-order valence-electron chi connectivity index (χ3n) is 3.24. The van der Waals surface area contributed by atoms with Crippen LogP contribution in [0.15, 0.2) is 35.1 Å². The molecule has 3 rings (SSSR count). The second-order valence-electron chi connectivity index (χ2n) is 4.38. The van der Waals surface area contributed by atoms with E-state index in [0.29, 0.717) is 18.9 Å². The Morgan fingerprint density at radius 2 is 2.16 bits per heavy atom. The summed E-state index contributed by atoms with van der Waals surface area (Å²) >= 11 is 0. The molecule has 0 bridgehead atoms. The van der Waals surface area contributed by atoms with Gasteiger partial charge in [0.25, 0.3) is 0 Å². The van der Waals surface area contributed by atoms with Gasteiger partial charge in [-0.2, -0.15) is 0 Å². The Morgan fingerprint density at radius 3 is 2.79 bits per heavy atom. The number of anilines is 1. The minimum Gasteiger partial charge on any atom is -0.497 e. The molecule has 1 unspecified atom stereocenters. The van der Waals surface area contributed by atoms with Gasteiger partial charge >= 0.3 is 0 Å². The molecule has 0 N–H and O–H groups in total. The van der Waals surface area contributed by atoms with Crippen molar-refractivity contribution in [2.24, 2.45) is 0 Å². The molecule has 2 heterocycles. The van der Waals surface area contributed by atoms with E-state index in [1.165, 1.54) is 6.39 Å². The fraction of sp³-hybridized carbons (Fsp3) is 0.308. The number of amides is 1. The van der Waals surface area contributed by atoms with E-state index >= 15 is 0 Å². The standard InChI is InChI=1S/C13H13N3O3/c1-18-11-4-2-10(3-5-11)16-7-9(6-12(16)17)13-15-14-8-19-13/h2-5,8-9H,6-7H2,1H3. The maximum atomic E-state index is 12.0. The van der Waals surface area contributed by atoms with Crippen LogP contribution in [-0.2, 0) is 4.79 Å². The van der Waals surface area contributed by atoms with Crippen LogP contribution in [0.3, 0.4) is 0 Å². The van der Waals surface area contributed by atoms with Gasteiger partial charge in [-0.15, -0.1) is 10.2 Å². The van der Waals surface area contributed by atoms with Crippen LogP contribution in [0.25, 0.3) is 0 Å². The number of hydrogen-bond acceptors (Lipinski definition) is 5. The summed E-state index contributed by atoms with van der Waals surface area (Å²) in [5.41, 5.74) is 0.854. The van der Waals surface area contributed by atoms with Gasteiger partial charge in [0.1, 0.15) is 5.75 Å². The molecule has 1 fully saturated rings. The highest BCUT2D eigenvalue weighted by Crippen LogP contribution is 2.31. The molecular formula is C13H13N3O3. The number of nitrogens with zero attached hydrogens (tertiary/aromatic N) is 3. The highest BCUT2D eigenvalue weighted by Gasteiger charge is 2.34. The van der Waals surface area contributed by atoms with Gasteiger partial charge in [0.05, 0.1) is 13.0 Å². The monoisotopic (exact) mass is 259 g/mol. The first-order chi connectivity index (χ1) is 9.28. The Balaban J connectivity index is 1.79. The van der Waals surface area contributed by atoms with Crippen LogP contribution in [0.2, 0.25) is 0 Å². The number of rotatable bonds is 3. The minimum absolute atomic E-state index is 0.0305. The second kappa shape index (κ2) is 4.72. The van der Waals surface area contributed by atoms with Gasteiger partial charge in [0, 0.05) is 18.7 Å². The summed E-state index contributed by atoms with van der Waals surface area (Å²) in [5, 5.41) is 7.52. The molecule has 0 saturated carbocycles. The first-order valence-corrected chi connectivity index (χ1v) is 5.98. The largest absolute Gasteiger partial charge is 0.497 e. The summed E-state index contributed by atoms with van der Waals surface area (Å²) in [6.45, 7) is 0.563. The van der Waals surface area contributed by atoms with Crippen LogP contribution in [0.4, 0.5) is 5.69 Å². The third-order valence-corrected chi connectivity index (χ3v) is 3.24. The van der Waals surface area contributed by atoms with Crippen LogP contribution in [-0.4, -0.2) is 29.8 Å². The summed E-state index contributed by atoms with van der Waals surface area (Å²) < 4.78 is 10.3. The summed E-state index contributed by atoms with van der Waals surface area (Å²) in [6.07, 6.45) is 1.68. The molecular weight excluding hydrogens is 246 g/mol. The van der Waals surface area contributed by atoms with Crippen LogP contribution < -0.4 is 9.64 Å². The zero-order valence-electron chi connectivity index (χ0n) is 10.4. The molecule has 1 aliphatic heterocycles. The van der Waals surface area contributed by atoms with Crippen LogP contribution in [0.5, 0.6) is 5.75 Å². The number of ether oxygens (including phenoxy) is 1. The lowest BCUT2D eigenvalue weighted by atomic mass is 10.1. The molecule has 0 spiro atoms. The van der Waals surface area contributed by atoms with Crippen molar-refractivity contribution in [2.75, 3.05) is 18.6 Å². The Morgan fingerprint density at radius 1 is 1.37 bits per heavy atom. The van der Waals surface area contributed by atoms with E-state index in [9.17, 15) is 4.79 Å². The lowest BCUT2D eigenvalue weighted by molar-refractivity contribution is -0.117. The number of methoxy groups -OCH3 is 1. The van der Waals surface area contributed by atoms with Gasteiger partial charge in [-0.05, 0) is 24.3 Å². The first kappa shape index (κ1) is 11.7. The van der Waals surface area contributed by atoms with Crippen molar-refractivity contribution in [3.63, 3.8) is 0 Å². The predicted octanol–water partition coefficient (Wildman–Crippen LogP) is 1.60. The third kappa shape index (κ3) is 2.16. The van der Waals surface area contributed by atoms with E-state index in [0.717, 1.165) is 11.4 Å². The van der Waals surface area contributed by atoms with E-state index in [1.807, 2.05) is 24.3 Å². The van der Waals surface area contributed by atoms with Crippen molar-refractivity contribution in [1.82, 2.24) is 10.2 Å². The van der Waals surface area contributed by atoms with Crippen molar-refractivity contribution >= 4 is 11.6 Å². The van der Waals surface area contributed by atoms with Gasteiger partial charge < -0.3 is 14.1 Å². The smallest absolute Gasteiger partial charge is 0.227 e. The van der Waals surface area contributed by atoms with Crippen LogP contribution in [0.1, 0.15) is 18.2 Å². The van der Waals surface area contributed by atoms with Gasteiger partial charge in [-0.3, -0.25) is 4.79 Å². The molecule has 1 aliphatic rings. The second-order valence-corrected chi connectivity index (χ2v) is 4.38. The molecule has 0 radical (unpaired) electrons. The molecule has 0 aliphatic carbocycles. The van der Waals surface area contributed by atoms with Gasteiger partial charge in [-0.1, -0.05) is 0 Å².